The van der Waals surface area contributed by atoms with Crippen LogP contribution in [0.2, 0.25) is 10.0 Å². The van der Waals surface area contributed by atoms with Gasteiger partial charge in [-0.25, -0.2) is 9.79 Å². The van der Waals surface area contributed by atoms with E-state index in [4.69, 9.17) is 27.6 Å². The van der Waals surface area contributed by atoms with E-state index in [-0.39, 0.29) is 11.5 Å². The van der Waals surface area contributed by atoms with Crippen molar-refractivity contribution in [2.45, 2.75) is 6.92 Å². The molecule has 0 aliphatic carbocycles. The van der Waals surface area contributed by atoms with Crippen LogP contribution in [0.3, 0.4) is 0 Å². The molecule has 4 rings (SSSR count). The van der Waals surface area contributed by atoms with Crippen molar-refractivity contribution in [1.82, 2.24) is 4.90 Å². The maximum Gasteiger partial charge on any atom is 0.335 e. The van der Waals surface area contributed by atoms with Crippen LogP contribution in [0, 0.1) is 0 Å². The summed E-state index contributed by atoms with van der Waals surface area (Å²) in [6.07, 6.45) is 1.66. The van der Waals surface area contributed by atoms with Crippen LogP contribution in [0.15, 0.2) is 68.9 Å². The first-order valence-corrected chi connectivity index (χ1v) is 11.1. The standard InChI is InChI=1S/C23H16Cl2N2O4S/c1-2-27-21(28)20(32-23(27)26-15-5-3-4-14(10-15)22(29)30)12-16-7-9-19(31-16)13-6-8-17(24)18(25)11-13/h3-12H,2H2,1H3,(H,29,30)/b20-12+,26-23?. The molecule has 0 bridgehead atoms. The van der Waals surface area contributed by atoms with Crippen LogP contribution < -0.4 is 0 Å². The Morgan fingerprint density at radius 1 is 1.16 bits per heavy atom. The third-order valence-corrected chi connectivity index (χ3v) is 6.37. The molecule has 1 N–H and O–H groups in total. The van der Waals surface area contributed by atoms with Gasteiger partial charge in [0.15, 0.2) is 5.17 Å². The largest absolute Gasteiger partial charge is 0.478 e. The number of amidine groups is 1. The number of hydrogen-bond acceptors (Lipinski definition) is 5. The fourth-order valence-corrected chi connectivity index (χ4v) is 4.39. The third kappa shape index (κ3) is 4.60. The predicted octanol–water partition coefficient (Wildman–Crippen LogP) is 6.58. The van der Waals surface area contributed by atoms with Crippen LogP contribution in [-0.2, 0) is 4.79 Å². The Bertz CT molecular complexity index is 1280. The van der Waals surface area contributed by atoms with Gasteiger partial charge in [0.25, 0.3) is 5.91 Å². The molecule has 1 fully saturated rings. The van der Waals surface area contributed by atoms with Crippen LogP contribution in [0.4, 0.5) is 5.69 Å². The number of benzene rings is 2. The summed E-state index contributed by atoms with van der Waals surface area (Å²) in [5, 5.41) is 10.5. The van der Waals surface area contributed by atoms with Crippen molar-refractivity contribution in [1.29, 1.82) is 0 Å². The summed E-state index contributed by atoms with van der Waals surface area (Å²) in [6.45, 7) is 2.27. The molecule has 0 spiro atoms. The Morgan fingerprint density at radius 3 is 2.69 bits per heavy atom. The van der Waals surface area contributed by atoms with E-state index in [1.807, 2.05) is 6.92 Å². The second kappa shape index (κ2) is 9.24. The zero-order valence-corrected chi connectivity index (χ0v) is 19.0. The monoisotopic (exact) mass is 486 g/mol. The molecule has 1 aliphatic heterocycles. The Balaban J connectivity index is 1.62. The van der Waals surface area contributed by atoms with Gasteiger partial charge in [-0.3, -0.25) is 9.69 Å². The molecule has 2 aromatic carbocycles. The Labute approximate surface area is 198 Å². The van der Waals surface area contributed by atoms with Crippen LogP contribution in [0.1, 0.15) is 23.0 Å². The first-order valence-electron chi connectivity index (χ1n) is 9.54. The number of aromatic carboxylic acids is 1. The number of hydrogen-bond donors (Lipinski definition) is 1. The minimum absolute atomic E-state index is 0.130. The number of furan rings is 1. The number of nitrogens with zero attached hydrogens (tertiary/aromatic N) is 2. The highest BCUT2D eigenvalue weighted by Gasteiger charge is 2.32. The van der Waals surface area contributed by atoms with Crippen molar-refractivity contribution in [2.75, 3.05) is 6.54 Å². The van der Waals surface area contributed by atoms with Gasteiger partial charge in [0.05, 0.1) is 26.2 Å². The SMILES string of the molecule is CCN1C(=O)/C(=C\c2ccc(-c3ccc(Cl)c(Cl)c3)o2)SC1=Nc1cccc(C(=O)O)c1. The normalized spacial score (nSPS) is 16.3. The average Bonchev–Trinajstić information content (AvgIpc) is 3.35. The zero-order valence-electron chi connectivity index (χ0n) is 16.7. The fourth-order valence-electron chi connectivity index (χ4n) is 3.05. The number of carboxylic acid groups (broad SMARTS) is 1. The highest BCUT2D eigenvalue weighted by Crippen LogP contribution is 2.35. The Hall–Kier alpha value is -3.00. The van der Waals surface area contributed by atoms with E-state index < -0.39 is 5.97 Å². The molecule has 1 saturated heterocycles. The lowest BCUT2D eigenvalue weighted by Crippen LogP contribution is -2.28. The first-order chi connectivity index (χ1) is 15.4. The molecule has 1 aliphatic rings. The van der Waals surface area contributed by atoms with E-state index in [0.29, 0.717) is 43.9 Å². The minimum Gasteiger partial charge on any atom is -0.478 e. The van der Waals surface area contributed by atoms with Crippen LogP contribution in [0.5, 0.6) is 0 Å². The summed E-state index contributed by atoms with van der Waals surface area (Å²) in [4.78, 5) is 30.5. The number of amides is 1. The molecule has 32 heavy (non-hydrogen) atoms. The molecule has 9 heteroatoms. The van der Waals surface area contributed by atoms with Crippen molar-refractivity contribution in [2.24, 2.45) is 4.99 Å². The highest BCUT2D eigenvalue weighted by molar-refractivity contribution is 8.18. The van der Waals surface area contributed by atoms with Gasteiger partial charge in [-0.1, -0.05) is 29.3 Å². The Kier molecular flexibility index (Phi) is 6.41. The fraction of sp³-hybridized carbons (Fsp3) is 0.0870. The molecule has 162 valence electrons. The smallest absolute Gasteiger partial charge is 0.335 e. The van der Waals surface area contributed by atoms with Gasteiger partial charge in [0.1, 0.15) is 11.5 Å². The number of carbonyl (C=O) groups is 2. The second-order valence-electron chi connectivity index (χ2n) is 6.74. The maximum atomic E-state index is 12.9. The summed E-state index contributed by atoms with van der Waals surface area (Å²) in [5.74, 6) is -0.131. The van der Waals surface area contributed by atoms with Crippen molar-refractivity contribution in [3.8, 4) is 11.3 Å². The van der Waals surface area contributed by atoms with Crippen LogP contribution in [-0.4, -0.2) is 33.6 Å². The second-order valence-corrected chi connectivity index (χ2v) is 8.56. The number of likely N-dealkylation sites (N-methyl/N-ethyl adjacent to an activating group) is 1. The van der Waals surface area contributed by atoms with Crippen LogP contribution >= 0.6 is 35.0 Å². The lowest BCUT2D eigenvalue weighted by molar-refractivity contribution is -0.122. The highest BCUT2D eigenvalue weighted by atomic mass is 35.5. The van der Waals surface area contributed by atoms with E-state index >= 15 is 0 Å². The summed E-state index contributed by atoms with van der Waals surface area (Å²) in [6, 6.07) is 15.0. The molecule has 0 radical (unpaired) electrons. The van der Waals surface area contributed by atoms with Crippen molar-refractivity contribution < 1.29 is 19.1 Å². The van der Waals surface area contributed by atoms with Gasteiger partial charge in [0, 0.05) is 18.2 Å². The number of carbonyl (C=O) groups excluding carboxylic acids is 1. The molecule has 6 nitrogen and oxygen atoms in total. The van der Waals surface area contributed by atoms with Gasteiger partial charge < -0.3 is 9.52 Å². The van der Waals surface area contributed by atoms with E-state index in [1.165, 1.54) is 28.8 Å². The van der Waals surface area contributed by atoms with Crippen molar-refractivity contribution in [3.63, 3.8) is 0 Å². The molecule has 3 aromatic rings. The topological polar surface area (TPSA) is 83.1 Å². The molecule has 1 amide bonds. The van der Waals surface area contributed by atoms with E-state index in [2.05, 4.69) is 4.99 Å². The van der Waals surface area contributed by atoms with Crippen LogP contribution in [0.25, 0.3) is 17.4 Å². The van der Waals surface area contributed by atoms with Gasteiger partial charge >= 0.3 is 5.97 Å². The van der Waals surface area contributed by atoms with E-state index in [9.17, 15) is 14.7 Å². The van der Waals surface area contributed by atoms with Crippen molar-refractivity contribution >= 4 is 63.8 Å². The lowest BCUT2D eigenvalue weighted by atomic mass is 10.2. The number of aliphatic imine (C=N–C) groups is 1. The van der Waals surface area contributed by atoms with Crippen molar-refractivity contribution in [3.05, 3.63) is 80.9 Å². The molecule has 0 unspecified atom stereocenters. The summed E-state index contributed by atoms with van der Waals surface area (Å²) in [5.41, 5.74) is 1.36. The predicted molar refractivity (Wildman–Crippen MR) is 128 cm³/mol. The molecule has 0 saturated carbocycles. The number of rotatable bonds is 5. The summed E-state index contributed by atoms with van der Waals surface area (Å²) >= 11 is 13.3. The number of thioether (sulfide) groups is 1. The molecule has 1 aromatic heterocycles. The molecular weight excluding hydrogens is 471 g/mol. The number of halogens is 2. The quantitative estimate of drug-likeness (QED) is 0.412. The third-order valence-electron chi connectivity index (χ3n) is 4.63. The van der Waals surface area contributed by atoms with E-state index in [0.717, 1.165) is 5.56 Å². The first kappa shape index (κ1) is 22.2. The lowest BCUT2D eigenvalue weighted by Gasteiger charge is -2.12. The summed E-state index contributed by atoms with van der Waals surface area (Å²) < 4.78 is 5.87. The minimum atomic E-state index is -1.04. The Morgan fingerprint density at radius 2 is 1.97 bits per heavy atom. The average molecular weight is 487 g/mol. The van der Waals surface area contributed by atoms with Gasteiger partial charge in [-0.05, 0) is 67.2 Å². The number of carboxylic acids is 1. The molecular formula is C23H16Cl2N2O4S. The molecule has 2 heterocycles. The van der Waals surface area contributed by atoms with Gasteiger partial charge in [-0.2, -0.15) is 0 Å². The molecule has 0 atom stereocenters. The van der Waals surface area contributed by atoms with E-state index in [1.54, 1.807) is 48.5 Å². The zero-order chi connectivity index (χ0) is 22.8. The van der Waals surface area contributed by atoms with Gasteiger partial charge in [-0.15, -0.1) is 0 Å². The summed E-state index contributed by atoms with van der Waals surface area (Å²) in [7, 11) is 0. The van der Waals surface area contributed by atoms with Gasteiger partial charge in [0.2, 0.25) is 0 Å². The maximum absolute atomic E-state index is 12.9.